The first-order valence-corrected chi connectivity index (χ1v) is 7.85. The number of nitrogens with one attached hydrogen (secondary N) is 1. The number of methoxy groups -OCH3 is 1. The molecule has 1 aliphatic rings. The third-order valence-electron chi connectivity index (χ3n) is 3.40. The van der Waals surface area contributed by atoms with Crippen LogP contribution in [-0.2, 0) is 14.2 Å². The fourth-order valence-electron chi connectivity index (χ4n) is 2.05. The van der Waals surface area contributed by atoms with E-state index in [9.17, 15) is 0 Å². The third kappa shape index (κ3) is 6.32. The average Bonchev–Trinajstić information content (AvgIpc) is 3.31. The van der Waals surface area contributed by atoms with Crippen molar-refractivity contribution in [1.82, 2.24) is 5.32 Å². The smallest absolute Gasteiger partial charge is 0.0964 e. The summed E-state index contributed by atoms with van der Waals surface area (Å²) >= 11 is 6.28. The molecule has 1 aromatic rings. The number of rotatable bonds is 11. The molecule has 118 valence electrons. The molecule has 0 bridgehead atoms. The monoisotopic (exact) mass is 313 g/mol. The highest BCUT2D eigenvalue weighted by Gasteiger charge is 2.23. The zero-order valence-corrected chi connectivity index (χ0v) is 13.3. The van der Waals surface area contributed by atoms with Crippen LogP contribution >= 0.6 is 11.6 Å². The lowest BCUT2D eigenvalue weighted by molar-refractivity contribution is -0.00694. The summed E-state index contributed by atoms with van der Waals surface area (Å²) in [6.07, 6.45) is 2.48. The Bertz CT molecular complexity index is 412. The molecule has 0 aromatic heterocycles. The molecule has 1 atom stereocenters. The molecule has 1 aromatic carbocycles. The fraction of sp³-hybridized carbons (Fsp3) is 0.625. The molecule has 4 nitrogen and oxygen atoms in total. The number of ether oxygens (including phenoxy) is 3. The maximum Gasteiger partial charge on any atom is 0.0964 e. The molecule has 0 saturated heterocycles. The highest BCUT2D eigenvalue weighted by molar-refractivity contribution is 6.31. The Morgan fingerprint density at radius 2 is 1.95 bits per heavy atom. The Balaban J connectivity index is 1.79. The summed E-state index contributed by atoms with van der Waals surface area (Å²) in [6.45, 7) is 3.10. The summed E-state index contributed by atoms with van der Waals surface area (Å²) in [4.78, 5) is 0. The Kier molecular flexibility index (Phi) is 7.47. The van der Waals surface area contributed by atoms with Crippen LogP contribution in [0.15, 0.2) is 24.3 Å². The summed E-state index contributed by atoms with van der Waals surface area (Å²) in [5.74, 6) is 0. The minimum atomic E-state index is -0.0367. The minimum absolute atomic E-state index is 0.0367. The quantitative estimate of drug-likeness (QED) is 0.638. The zero-order valence-electron chi connectivity index (χ0n) is 12.5. The summed E-state index contributed by atoms with van der Waals surface area (Å²) < 4.78 is 16.3. The molecule has 5 heteroatoms. The number of hydrogen-bond donors (Lipinski definition) is 1. The largest absolute Gasteiger partial charge is 0.382 e. The second-order valence-corrected chi connectivity index (χ2v) is 5.58. The summed E-state index contributed by atoms with van der Waals surface area (Å²) in [5.41, 5.74) is 1.03. The standard InChI is InChI=1S/C16H24ClNO3/c1-19-8-9-20-10-11-21-16(12-18-13-6-7-13)14-4-2-3-5-15(14)17/h2-5,13,16,18H,6-12H2,1H3. The molecule has 1 fully saturated rings. The molecule has 0 amide bonds. The summed E-state index contributed by atoms with van der Waals surface area (Å²) in [6, 6.07) is 8.50. The van der Waals surface area contributed by atoms with Gasteiger partial charge in [-0.2, -0.15) is 0 Å². The van der Waals surface area contributed by atoms with E-state index in [2.05, 4.69) is 5.32 Å². The van der Waals surface area contributed by atoms with Gasteiger partial charge in [-0.1, -0.05) is 29.8 Å². The van der Waals surface area contributed by atoms with Gasteiger partial charge in [-0.3, -0.25) is 0 Å². The van der Waals surface area contributed by atoms with Crippen molar-refractivity contribution >= 4 is 11.6 Å². The predicted molar refractivity (Wildman–Crippen MR) is 83.9 cm³/mol. The SMILES string of the molecule is COCCOCCOC(CNC1CC1)c1ccccc1Cl. The molecule has 1 aliphatic carbocycles. The lowest BCUT2D eigenvalue weighted by Crippen LogP contribution is -2.26. The lowest BCUT2D eigenvalue weighted by Gasteiger charge is -2.20. The van der Waals surface area contributed by atoms with Crippen LogP contribution in [0.1, 0.15) is 24.5 Å². The molecule has 2 rings (SSSR count). The van der Waals surface area contributed by atoms with Gasteiger partial charge in [0.25, 0.3) is 0 Å². The van der Waals surface area contributed by atoms with Gasteiger partial charge in [0.05, 0.1) is 32.5 Å². The van der Waals surface area contributed by atoms with Crippen LogP contribution in [0.2, 0.25) is 5.02 Å². The maximum atomic E-state index is 6.28. The number of halogens is 1. The number of benzene rings is 1. The van der Waals surface area contributed by atoms with Crippen molar-refractivity contribution in [2.24, 2.45) is 0 Å². The second kappa shape index (κ2) is 9.38. The van der Waals surface area contributed by atoms with Crippen molar-refractivity contribution in [2.75, 3.05) is 40.1 Å². The van der Waals surface area contributed by atoms with Gasteiger partial charge in [0.2, 0.25) is 0 Å². The van der Waals surface area contributed by atoms with E-state index in [1.807, 2.05) is 24.3 Å². The zero-order chi connectivity index (χ0) is 14.9. The van der Waals surface area contributed by atoms with Crippen LogP contribution in [0.4, 0.5) is 0 Å². The van der Waals surface area contributed by atoms with Gasteiger partial charge in [-0.15, -0.1) is 0 Å². The first kappa shape index (κ1) is 16.7. The van der Waals surface area contributed by atoms with Crippen molar-refractivity contribution in [2.45, 2.75) is 25.0 Å². The van der Waals surface area contributed by atoms with E-state index in [0.717, 1.165) is 17.1 Å². The van der Waals surface area contributed by atoms with E-state index in [1.54, 1.807) is 7.11 Å². The average molecular weight is 314 g/mol. The fourth-order valence-corrected chi connectivity index (χ4v) is 2.31. The Morgan fingerprint density at radius 1 is 1.19 bits per heavy atom. The van der Waals surface area contributed by atoms with E-state index >= 15 is 0 Å². The molecule has 0 spiro atoms. The molecule has 1 N–H and O–H groups in total. The van der Waals surface area contributed by atoms with Crippen molar-refractivity contribution in [3.8, 4) is 0 Å². The molecule has 1 unspecified atom stereocenters. The van der Waals surface area contributed by atoms with Gasteiger partial charge >= 0.3 is 0 Å². The van der Waals surface area contributed by atoms with Crippen LogP contribution < -0.4 is 5.32 Å². The van der Waals surface area contributed by atoms with Crippen LogP contribution in [-0.4, -0.2) is 46.1 Å². The predicted octanol–water partition coefficient (Wildman–Crippen LogP) is 2.81. The van der Waals surface area contributed by atoms with Crippen molar-refractivity contribution < 1.29 is 14.2 Å². The number of hydrogen-bond acceptors (Lipinski definition) is 4. The van der Waals surface area contributed by atoms with E-state index in [0.29, 0.717) is 32.5 Å². The normalized spacial score (nSPS) is 16.1. The first-order chi connectivity index (χ1) is 10.3. The van der Waals surface area contributed by atoms with Gasteiger partial charge in [0.1, 0.15) is 0 Å². The van der Waals surface area contributed by atoms with E-state index < -0.39 is 0 Å². The third-order valence-corrected chi connectivity index (χ3v) is 3.74. The topological polar surface area (TPSA) is 39.7 Å². The van der Waals surface area contributed by atoms with Crippen LogP contribution in [0.3, 0.4) is 0 Å². The summed E-state index contributed by atoms with van der Waals surface area (Å²) in [7, 11) is 1.66. The van der Waals surface area contributed by atoms with Gasteiger partial charge in [0.15, 0.2) is 0 Å². The molecule has 1 saturated carbocycles. The van der Waals surface area contributed by atoms with E-state index in [1.165, 1.54) is 12.8 Å². The van der Waals surface area contributed by atoms with Crippen molar-refractivity contribution in [3.63, 3.8) is 0 Å². The van der Waals surface area contributed by atoms with E-state index in [4.69, 9.17) is 25.8 Å². The van der Waals surface area contributed by atoms with Gasteiger partial charge < -0.3 is 19.5 Å². The molecule has 0 radical (unpaired) electrons. The Labute approximate surface area is 131 Å². The highest BCUT2D eigenvalue weighted by atomic mass is 35.5. The lowest BCUT2D eigenvalue weighted by atomic mass is 10.1. The molecular weight excluding hydrogens is 290 g/mol. The summed E-state index contributed by atoms with van der Waals surface area (Å²) in [5, 5.41) is 4.25. The first-order valence-electron chi connectivity index (χ1n) is 7.47. The van der Waals surface area contributed by atoms with E-state index in [-0.39, 0.29) is 6.10 Å². The highest BCUT2D eigenvalue weighted by Crippen LogP contribution is 2.26. The molecule has 0 aliphatic heterocycles. The Hall–Kier alpha value is -0.650. The Morgan fingerprint density at radius 3 is 2.67 bits per heavy atom. The van der Waals surface area contributed by atoms with Crippen LogP contribution in [0.5, 0.6) is 0 Å². The molecular formula is C16H24ClNO3. The van der Waals surface area contributed by atoms with Crippen LogP contribution in [0, 0.1) is 0 Å². The van der Waals surface area contributed by atoms with Gasteiger partial charge in [-0.05, 0) is 18.9 Å². The van der Waals surface area contributed by atoms with Gasteiger partial charge in [-0.25, -0.2) is 0 Å². The van der Waals surface area contributed by atoms with Crippen LogP contribution in [0.25, 0.3) is 0 Å². The van der Waals surface area contributed by atoms with Crippen molar-refractivity contribution in [3.05, 3.63) is 34.9 Å². The second-order valence-electron chi connectivity index (χ2n) is 5.17. The minimum Gasteiger partial charge on any atom is -0.382 e. The molecule has 21 heavy (non-hydrogen) atoms. The maximum absolute atomic E-state index is 6.28. The molecule has 0 heterocycles. The van der Waals surface area contributed by atoms with Gasteiger partial charge in [0, 0.05) is 30.3 Å². The van der Waals surface area contributed by atoms with Crippen molar-refractivity contribution in [1.29, 1.82) is 0 Å².